The second-order valence-corrected chi connectivity index (χ2v) is 5.78. The molecule has 1 heterocycles. The second-order valence-electron chi connectivity index (χ2n) is 5.78. The van der Waals surface area contributed by atoms with E-state index >= 15 is 0 Å². The summed E-state index contributed by atoms with van der Waals surface area (Å²) < 4.78 is 10.8. The number of anilines is 1. The highest BCUT2D eigenvalue weighted by molar-refractivity contribution is 5.51. The van der Waals surface area contributed by atoms with Crippen LogP contribution in [0.2, 0.25) is 0 Å². The first kappa shape index (κ1) is 15.7. The molecule has 23 heavy (non-hydrogen) atoms. The van der Waals surface area contributed by atoms with Crippen molar-refractivity contribution in [3.05, 3.63) is 54.1 Å². The van der Waals surface area contributed by atoms with Gasteiger partial charge in [0.15, 0.2) is 0 Å². The van der Waals surface area contributed by atoms with Crippen LogP contribution in [-0.2, 0) is 6.54 Å². The van der Waals surface area contributed by atoms with Gasteiger partial charge in [0.25, 0.3) is 0 Å². The van der Waals surface area contributed by atoms with Crippen LogP contribution in [-0.4, -0.2) is 45.3 Å². The van der Waals surface area contributed by atoms with Crippen molar-refractivity contribution in [2.75, 3.05) is 45.3 Å². The molecule has 0 aliphatic carbocycles. The highest BCUT2D eigenvalue weighted by Crippen LogP contribution is 2.24. The van der Waals surface area contributed by atoms with Crippen molar-refractivity contribution in [2.45, 2.75) is 6.54 Å². The zero-order valence-corrected chi connectivity index (χ0v) is 13.9. The maximum atomic E-state index is 5.45. The first-order chi connectivity index (χ1) is 11.3. The molecule has 1 fully saturated rings. The fourth-order valence-corrected chi connectivity index (χ4v) is 3.05. The molecule has 0 unspecified atom stereocenters. The van der Waals surface area contributed by atoms with E-state index in [1.807, 2.05) is 18.2 Å². The predicted molar refractivity (Wildman–Crippen MR) is 93.5 cm³/mol. The topological polar surface area (TPSA) is 24.9 Å². The van der Waals surface area contributed by atoms with Gasteiger partial charge in [-0.3, -0.25) is 4.90 Å². The molecule has 1 aliphatic heterocycles. The Hall–Kier alpha value is -2.20. The van der Waals surface area contributed by atoms with E-state index < -0.39 is 0 Å². The maximum Gasteiger partial charge on any atom is 0.123 e. The van der Waals surface area contributed by atoms with E-state index in [-0.39, 0.29) is 0 Å². The van der Waals surface area contributed by atoms with Crippen LogP contribution in [0, 0.1) is 0 Å². The number of hydrogen-bond acceptors (Lipinski definition) is 4. The number of hydrogen-bond donors (Lipinski definition) is 0. The van der Waals surface area contributed by atoms with E-state index in [4.69, 9.17) is 9.47 Å². The molecule has 4 heteroatoms. The molecule has 0 saturated carbocycles. The Morgan fingerprint density at radius 1 is 0.870 bits per heavy atom. The Morgan fingerprint density at radius 3 is 2.39 bits per heavy atom. The van der Waals surface area contributed by atoms with Crippen molar-refractivity contribution < 1.29 is 9.47 Å². The van der Waals surface area contributed by atoms with Crippen LogP contribution >= 0.6 is 0 Å². The van der Waals surface area contributed by atoms with Crippen molar-refractivity contribution >= 4 is 5.69 Å². The van der Waals surface area contributed by atoms with Crippen LogP contribution in [0.1, 0.15) is 5.56 Å². The molecular weight excluding hydrogens is 288 g/mol. The molecule has 0 N–H and O–H groups in total. The largest absolute Gasteiger partial charge is 0.497 e. The standard InChI is InChI=1S/C19H24N2O2/c1-22-18-8-5-7-17(14-18)21-12-10-20(11-13-21)15-16-6-3-4-9-19(16)23-2/h3-9,14H,10-13,15H2,1-2H3. The van der Waals surface area contributed by atoms with Crippen LogP contribution < -0.4 is 14.4 Å². The molecule has 2 aromatic rings. The SMILES string of the molecule is COc1cccc(N2CCN(Cc3ccccc3OC)CC2)c1. The van der Waals surface area contributed by atoms with Gasteiger partial charge < -0.3 is 14.4 Å². The third kappa shape index (κ3) is 3.77. The average molecular weight is 312 g/mol. The molecule has 2 aromatic carbocycles. The van der Waals surface area contributed by atoms with E-state index in [9.17, 15) is 0 Å². The molecule has 0 bridgehead atoms. The fraction of sp³-hybridized carbons (Fsp3) is 0.368. The summed E-state index contributed by atoms with van der Waals surface area (Å²) in [5.74, 6) is 1.89. The Morgan fingerprint density at radius 2 is 1.65 bits per heavy atom. The summed E-state index contributed by atoms with van der Waals surface area (Å²) in [4.78, 5) is 4.90. The zero-order chi connectivity index (χ0) is 16.1. The summed E-state index contributed by atoms with van der Waals surface area (Å²) in [7, 11) is 3.45. The van der Waals surface area contributed by atoms with Crippen molar-refractivity contribution in [3.63, 3.8) is 0 Å². The number of nitrogens with zero attached hydrogens (tertiary/aromatic N) is 2. The van der Waals surface area contributed by atoms with Gasteiger partial charge in [-0.25, -0.2) is 0 Å². The van der Waals surface area contributed by atoms with Gasteiger partial charge in [-0.15, -0.1) is 0 Å². The van der Waals surface area contributed by atoms with Gasteiger partial charge in [-0.2, -0.15) is 0 Å². The summed E-state index contributed by atoms with van der Waals surface area (Å²) in [6.45, 7) is 5.10. The normalized spacial score (nSPS) is 15.5. The van der Waals surface area contributed by atoms with Crippen LogP contribution in [0.15, 0.2) is 48.5 Å². The average Bonchev–Trinajstić information content (AvgIpc) is 2.63. The van der Waals surface area contributed by atoms with Crippen LogP contribution in [0.4, 0.5) is 5.69 Å². The quantitative estimate of drug-likeness (QED) is 0.847. The number of piperazine rings is 1. The van der Waals surface area contributed by atoms with Crippen molar-refractivity contribution in [2.24, 2.45) is 0 Å². The molecule has 3 rings (SSSR count). The van der Waals surface area contributed by atoms with Crippen LogP contribution in [0.3, 0.4) is 0 Å². The van der Waals surface area contributed by atoms with Gasteiger partial charge in [0.1, 0.15) is 11.5 Å². The molecule has 0 atom stereocenters. The monoisotopic (exact) mass is 312 g/mol. The number of ether oxygens (including phenoxy) is 2. The molecule has 122 valence electrons. The van der Waals surface area contributed by atoms with Gasteiger partial charge in [-0.05, 0) is 18.2 Å². The fourth-order valence-electron chi connectivity index (χ4n) is 3.05. The molecule has 0 amide bonds. The first-order valence-electron chi connectivity index (χ1n) is 8.03. The van der Waals surface area contributed by atoms with Gasteiger partial charge in [0.05, 0.1) is 14.2 Å². The summed E-state index contributed by atoms with van der Waals surface area (Å²) in [6.07, 6.45) is 0. The van der Waals surface area contributed by atoms with E-state index in [2.05, 4.69) is 40.1 Å². The highest BCUT2D eigenvalue weighted by Gasteiger charge is 2.18. The minimum absolute atomic E-state index is 0.916. The summed E-state index contributed by atoms with van der Waals surface area (Å²) in [5, 5.41) is 0. The number of methoxy groups -OCH3 is 2. The number of rotatable bonds is 5. The Balaban J connectivity index is 1.60. The van der Waals surface area contributed by atoms with Gasteiger partial charge in [0.2, 0.25) is 0 Å². The van der Waals surface area contributed by atoms with Gasteiger partial charge >= 0.3 is 0 Å². The van der Waals surface area contributed by atoms with E-state index in [1.54, 1.807) is 14.2 Å². The third-order valence-electron chi connectivity index (χ3n) is 4.38. The Bertz CT molecular complexity index is 637. The van der Waals surface area contributed by atoms with Crippen molar-refractivity contribution in [1.82, 2.24) is 4.90 Å². The van der Waals surface area contributed by atoms with E-state index in [0.29, 0.717) is 0 Å². The van der Waals surface area contributed by atoms with Crippen molar-refractivity contribution in [1.29, 1.82) is 0 Å². The minimum atomic E-state index is 0.916. The predicted octanol–water partition coefficient (Wildman–Crippen LogP) is 3.03. The molecule has 0 radical (unpaired) electrons. The second kappa shape index (κ2) is 7.38. The van der Waals surface area contributed by atoms with E-state index in [0.717, 1.165) is 44.2 Å². The lowest BCUT2D eigenvalue weighted by Gasteiger charge is -2.36. The summed E-state index contributed by atoms with van der Waals surface area (Å²) >= 11 is 0. The molecule has 4 nitrogen and oxygen atoms in total. The highest BCUT2D eigenvalue weighted by atomic mass is 16.5. The molecular formula is C19H24N2O2. The molecule has 0 spiro atoms. The number of benzene rings is 2. The lowest BCUT2D eigenvalue weighted by molar-refractivity contribution is 0.246. The Kier molecular flexibility index (Phi) is 5.03. The Labute approximate surface area is 138 Å². The van der Waals surface area contributed by atoms with Crippen molar-refractivity contribution in [3.8, 4) is 11.5 Å². The summed E-state index contributed by atoms with van der Waals surface area (Å²) in [5.41, 5.74) is 2.49. The summed E-state index contributed by atoms with van der Waals surface area (Å²) in [6, 6.07) is 16.6. The molecule has 1 aliphatic rings. The minimum Gasteiger partial charge on any atom is -0.497 e. The lowest BCUT2D eigenvalue weighted by Crippen LogP contribution is -2.46. The van der Waals surface area contributed by atoms with Gasteiger partial charge in [0, 0.05) is 50.0 Å². The van der Waals surface area contributed by atoms with Gasteiger partial charge in [-0.1, -0.05) is 24.3 Å². The molecule has 0 aromatic heterocycles. The number of para-hydroxylation sites is 1. The zero-order valence-electron chi connectivity index (χ0n) is 13.9. The van der Waals surface area contributed by atoms with Crippen LogP contribution in [0.25, 0.3) is 0 Å². The third-order valence-corrected chi connectivity index (χ3v) is 4.38. The first-order valence-corrected chi connectivity index (χ1v) is 8.03. The maximum absolute atomic E-state index is 5.45. The lowest BCUT2D eigenvalue weighted by atomic mass is 10.1. The smallest absolute Gasteiger partial charge is 0.123 e. The molecule has 1 saturated heterocycles. The van der Waals surface area contributed by atoms with Crippen LogP contribution in [0.5, 0.6) is 11.5 Å². The van der Waals surface area contributed by atoms with E-state index in [1.165, 1.54) is 11.3 Å².